The summed E-state index contributed by atoms with van der Waals surface area (Å²) in [5.74, 6) is 0.756. The molecule has 0 saturated heterocycles. The zero-order chi connectivity index (χ0) is 18.2. The van der Waals surface area contributed by atoms with Crippen LogP contribution in [0.15, 0.2) is 42.5 Å². The lowest BCUT2D eigenvalue weighted by Gasteiger charge is -2.10. The molecule has 0 aliphatic rings. The van der Waals surface area contributed by atoms with E-state index in [9.17, 15) is 9.59 Å². The van der Waals surface area contributed by atoms with Gasteiger partial charge in [0, 0.05) is 23.6 Å². The van der Waals surface area contributed by atoms with Crippen molar-refractivity contribution in [1.29, 1.82) is 0 Å². The fourth-order valence-electron chi connectivity index (χ4n) is 2.31. The van der Waals surface area contributed by atoms with Crippen molar-refractivity contribution in [3.05, 3.63) is 58.6 Å². The molecule has 6 heteroatoms. The number of methoxy groups -OCH3 is 1. The summed E-state index contributed by atoms with van der Waals surface area (Å²) >= 11 is 11.9. The van der Waals surface area contributed by atoms with Crippen LogP contribution in [0, 0.1) is 0 Å². The van der Waals surface area contributed by atoms with Crippen molar-refractivity contribution in [2.45, 2.75) is 19.3 Å². The zero-order valence-corrected chi connectivity index (χ0v) is 15.4. The number of hydrogen-bond donors (Lipinski definition) is 1. The molecule has 0 aliphatic carbocycles. The van der Waals surface area contributed by atoms with Crippen molar-refractivity contribution in [2.75, 3.05) is 18.3 Å². The highest BCUT2D eigenvalue weighted by molar-refractivity contribution is 6.37. The molecule has 1 N–H and O–H groups in total. The second-order valence-corrected chi connectivity index (χ2v) is 6.17. The maximum atomic E-state index is 12.5. The summed E-state index contributed by atoms with van der Waals surface area (Å²) in [5.41, 5.74) is 1.24. The van der Waals surface area contributed by atoms with E-state index < -0.39 is 0 Å². The summed E-state index contributed by atoms with van der Waals surface area (Å²) < 4.78 is 5.08. The van der Waals surface area contributed by atoms with E-state index in [2.05, 4.69) is 5.32 Å². The van der Waals surface area contributed by atoms with Gasteiger partial charge >= 0.3 is 0 Å². The molecule has 0 spiro atoms. The molecule has 1 amide bonds. The van der Waals surface area contributed by atoms with Gasteiger partial charge in [-0.25, -0.2) is 0 Å². The van der Waals surface area contributed by atoms with Gasteiger partial charge in [0.2, 0.25) is 0 Å². The van der Waals surface area contributed by atoms with Gasteiger partial charge < -0.3 is 10.1 Å². The maximum Gasteiger partial charge on any atom is 0.257 e. The SMILES string of the molecule is COc1ccc(NC(=O)c2cccc(C(=O)CCCCCl)c2Cl)cc1. The number of Topliss-reactive ketones (excluding diaryl/α,β-unsaturated/α-hetero) is 1. The van der Waals surface area contributed by atoms with Crippen LogP contribution in [-0.2, 0) is 0 Å². The third kappa shape index (κ3) is 5.21. The van der Waals surface area contributed by atoms with Crippen molar-refractivity contribution in [1.82, 2.24) is 0 Å². The number of ether oxygens (including phenoxy) is 1. The van der Waals surface area contributed by atoms with E-state index in [1.165, 1.54) is 0 Å². The van der Waals surface area contributed by atoms with Crippen LogP contribution in [0.5, 0.6) is 5.75 Å². The lowest BCUT2D eigenvalue weighted by molar-refractivity contribution is 0.0980. The number of anilines is 1. The van der Waals surface area contributed by atoms with Gasteiger partial charge in [0.1, 0.15) is 5.75 Å². The normalized spacial score (nSPS) is 10.4. The third-order valence-electron chi connectivity index (χ3n) is 3.68. The van der Waals surface area contributed by atoms with Crippen LogP contribution in [0.25, 0.3) is 0 Å². The molecule has 0 unspecified atom stereocenters. The molecule has 0 radical (unpaired) electrons. The van der Waals surface area contributed by atoms with Crippen molar-refractivity contribution in [3.63, 3.8) is 0 Å². The predicted molar refractivity (Wildman–Crippen MR) is 101 cm³/mol. The van der Waals surface area contributed by atoms with Crippen molar-refractivity contribution >= 4 is 40.6 Å². The van der Waals surface area contributed by atoms with Gasteiger partial charge in [0.15, 0.2) is 5.78 Å². The third-order valence-corrected chi connectivity index (χ3v) is 4.35. The van der Waals surface area contributed by atoms with Gasteiger partial charge in [0.25, 0.3) is 5.91 Å². The number of halogens is 2. The van der Waals surface area contributed by atoms with Gasteiger partial charge in [0.05, 0.1) is 17.7 Å². The standard InChI is InChI=1S/C19H19Cl2NO3/c1-25-14-10-8-13(9-11-14)22-19(24)16-6-4-5-15(18(16)21)17(23)7-2-3-12-20/h4-6,8-11H,2-3,7,12H2,1H3,(H,22,24). The highest BCUT2D eigenvalue weighted by Gasteiger charge is 2.17. The fraction of sp³-hybridized carbons (Fsp3) is 0.263. The first-order chi connectivity index (χ1) is 12.1. The molecule has 0 saturated carbocycles. The Labute approximate surface area is 157 Å². The largest absolute Gasteiger partial charge is 0.497 e. The molecule has 132 valence electrons. The molecule has 25 heavy (non-hydrogen) atoms. The van der Waals surface area contributed by atoms with E-state index in [4.69, 9.17) is 27.9 Å². The molecule has 0 heterocycles. The first-order valence-electron chi connectivity index (χ1n) is 7.90. The molecule has 0 aromatic heterocycles. The Morgan fingerprint density at radius 2 is 1.72 bits per heavy atom. The Kier molecular flexibility index (Phi) is 7.29. The van der Waals surface area contributed by atoms with Crippen LogP contribution >= 0.6 is 23.2 Å². The average molecular weight is 380 g/mol. The first-order valence-corrected chi connectivity index (χ1v) is 8.81. The molecular weight excluding hydrogens is 361 g/mol. The monoisotopic (exact) mass is 379 g/mol. The van der Waals surface area contributed by atoms with Gasteiger partial charge in [-0.1, -0.05) is 17.7 Å². The quantitative estimate of drug-likeness (QED) is 0.389. The molecule has 2 aromatic rings. The predicted octanol–water partition coefficient (Wildman–Crippen LogP) is 5.19. The van der Waals surface area contributed by atoms with E-state index >= 15 is 0 Å². The highest BCUT2D eigenvalue weighted by atomic mass is 35.5. The van der Waals surface area contributed by atoms with Gasteiger partial charge in [-0.2, -0.15) is 0 Å². The number of ketones is 1. The van der Waals surface area contributed by atoms with E-state index in [0.717, 1.165) is 6.42 Å². The van der Waals surface area contributed by atoms with Crippen molar-refractivity contribution < 1.29 is 14.3 Å². The average Bonchev–Trinajstić information content (AvgIpc) is 2.62. The Hall–Kier alpha value is -2.04. The number of hydrogen-bond acceptors (Lipinski definition) is 3. The second-order valence-electron chi connectivity index (χ2n) is 5.42. The van der Waals surface area contributed by atoms with Crippen molar-refractivity contribution in [3.8, 4) is 5.75 Å². The summed E-state index contributed by atoms with van der Waals surface area (Å²) in [6.07, 6.45) is 1.82. The van der Waals surface area contributed by atoms with Crippen LogP contribution in [0.2, 0.25) is 5.02 Å². The minimum Gasteiger partial charge on any atom is -0.497 e. The number of benzene rings is 2. The Morgan fingerprint density at radius 1 is 1.04 bits per heavy atom. The molecule has 0 aliphatic heterocycles. The number of alkyl halides is 1. The first kappa shape index (κ1) is 19.3. The molecule has 2 rings (SSSR count). The summed E-state index contributed by atoms with van der Waals surface area (Å²) in [6.45, 7) is 0. The number of nitrogens with one attached hydrogen (secondary N) is 1. The number of carbonyl (C=O) groups is 2. The lowest BCUT2D eigenvalue weighted by atomic mass is 10.0. The van der Waals surface area contributed by atoms with Gasteiger partial charge in [-0.15, -0.1) is 11.6 Å². The van der Waals surface area contributed by atoms with Crippen LogP contribution in [0.4, 0.5) is 5.69 Å². The molecule has 0 fully saturated rings. The van der Waals surface area contributed by atoms with Gasteiger partial charge in [-0.3, -0.25) is 9.59 Å². The molecule has 4 nitrogen and oxygen atoms in total. The minimum absolute atomic E-state index is 0.0887. The number of rotatable bonds is 8. The minimum atomic E-state index is -0.370. The van der Waals surface area contributed by atoms with Crippen LogP contribution in [0.1, 0.15) is 40.0 Å². The Balaban J connectivity index is 2.13. The molecule has 0 bridgehead atoms. The molecular formula is C19H19Cl2NO3. The fourth-order valence-corrected chi connectivity index (χ4v) is 2.82. The summed E-state index contributed by atoms with van der Waals surface area (Å²) in [6, 6.07) is 11.8. The van der Waals surface area contributed by atoms with Gasteiger partial charge in [-0.05, 0) is 49.2 Å². The Morgan fingerprint density at radius 3 is 2.36 bits per heavy atom. The van der Waals surface area contributed by atoms with E-state index in [1.54, 1.807) is 49.6 Å². The number of amides is 1. The van der Waals surface area contributed by atoms with E-state index in [0.29, 0.717) is 35.7 Å². The smallest absolute Gasteiger partial charge is 0.257 e. The summed E-state index contributed by atoms with van der Waals surface area (Å²) in [5, 5.41) is 2.93. The Bertz CT molecular complexity index is 745. The lowest BCUT2D eigenvalue weighted by Crippen LogP contribution is -2.14. The van der Waals surface area contributed by atoms with Crippen LogP contribution < -0.4 is 10.1 Å². The van der Waals surface area contributed by atoms with Crippen LogP contribution in [0.3, 0.4) is 0 Å². The number of carbonyl (C=O) groups excluding carboxylic acids is 2. The summed E-state index contributed by atoms with van der Waals surface area (Å²) in [4.78, 5) is 24.7. The summed E-state index contributed by atoms with van der Waals surface area (Å²) in [7, 11) is 1.57. The van der Waals surface area contributed by atoms with E-state index in [-0.39, 0.29) is 22.3 Å². The zero-order valence-electron chi connectivity index (χ0n) is 13.9. The maximum absolute atomic E-state index is 12.5. The highest BCUT2D eigenvalue weighted by Crippen LogP contribution is 2.24. The van der Waals surface area contributed by atoms with Crippen molar-refractivity contribution in [2.24, 2.45) is 0 Å². The van der Waals surface area contributed by atoms with E-state index in [1.807, 2.05) is 0 Å². The number of unbranched alkanes of at least 4 members (excludes halogenated alkanes) is 1. The molecule has 2 aromatic carbocycles. The second kappa shape index (κ2) is 9.44. The topological polar surface area (TPSA) is 55.4 Å². The van der Waals surface area contributed by atoms with Crippen LogP contribution in [-0.4, -0.2) is 24.7 Å². The molecule has 0 atom stereocenters.